The predicted octanol–water partition coefficient (Wildman–Crippen LogP) is 3.51. The standard InChI is InChI=1S/C23H30N2O3/c1-16-4-3-5-18(14-16)15-28-21-8-6-19(7-9-21)17(2)25-23(26)22(24)20-10-12-27-13-11-20/h3-9,14,17,20,22H,10-13,15,24H2,1-2H3,(H,25,26). The fourth-order valence-corrected chi connectivity index (χ4v) is 3.50. The van der Waals surface area contributed by atoms with E-state index >= 15 is 0 Å². The molecule has 1 amide bonds. The highest BCUT2D eigenvalue weighted by molar-refractivity contribution is 5.82. The van der Waals surface area contributed by atoms with E-state index in [4.69, 9.17) is 15.2 Å². The van der Waals surface area contributed by atoms with Gasteiger partial charge in [0.25, 0.3) is 0 Å². The van der Waals surface area contributed by atoms with Crippen LogP contribution in [0.15, 0.2) is 48.5 Å². The zero-order chi connectivity index (χ0) is 19.9. The molecule has 0 saturated carbocycles. The molecular formula is C23H30N2O3. The molecule has 0 aliphatic carbocycles. The van der Waals surface area contributed by atoms with Crippen LogP contribution in [0.5, 0.6) is 5.75 Å². The first-order chi connectivity index (χ1) is 13.5. The van der Waals surface area contributed by atoms with Crippen molar-refractivity contribution in [3.63, 3.8) is 0 Å². The monoisotopic (exact) mass is 382 g/mol. The quantitative estimate of drug-likeness (QED) is 0.769. The molecule has 1 heterocycles. The zero-order valence-corrected chi connectivity index (χ0v) is 16.7. The number of nitrogens with two attached hydrogens (primary N) is 1. The number of nitrogens with one attached hydrogen (secondary N) is 1. The summed E-state index contributed by atoms with van der Waals surface area (Å²) < 4.78 is 11.2. The van der Waals surface area contributed by atoms with Crippen LogP contribution in [-0.4, -0.2) is 25.2 Å². The molecule has 28 heavy (non-hydrogen) atoms. The van der Waals surface area contributed by atoms with Gasteiger partial charge in [-0.05, 0) is 55.9 Å². The Labute approximate surface area is 167 Å². The first-order valence-electron chi connectivity index (χ1n) is 9.95. The summed E-state index contributed by atoms with van der Waals surface area (Å²) in [6.45, 7) is 5.95. The Morgan fingerprint density at radius 2 is 1.93 bits per heavy atom. The van der Waals surface area contributed by atoms with E-state index in [1.54, 1.807) is 0 Å². The highest BCUT2D eigenvalue weighted by atomic mass is 16.5. The molecule has 1 saturated heterocycles. The smallest absolute Gasteiger partial charge is 0.237 e. The van der Waals surface area contributed by atoms with Gasteiger partial charge in [-0.3, -0.25) is 4.79 Å². The van der Waals surface area contributed by atoms with E-state index < -0.39 is 6.04 Å². The lowest BCUT2D eigenvalue weighted by Crippen LogP contribution is -2.47. The van der Waals surface area contributed by atoms with E-state index in [0.29, 0.717) is 19.8 Å². The number of rotatable bonds is 7. The molecule has 150 valence electrons. The number of carbonyl (C=O) groups is 1. The molecule has 0 spiro atoms. The molecule has 0 radical (unpaired) electrons. The lowest BCUT2D eigenvalue weighted by molar-refractivity contribution is -0.125. The van der Waals surface area contributed by atoms with Gasteiger partial charge in [0.2, 0.25) is 5.91 Å². The maximum absolute atomic E-state index is 12.5. The van der Waals surface area contributed by atoms with Crippen LogP contribution in [0.3, 0.4) is 0 Å². The second kappa shape index (κ2) is 9.71. The van der Waals surface area contributed by atoms with Crippen LogP contribution in [0, 0.1) is 12.8 Å². The predicted molar refractivity (Wildman–Crippen MR) is 110 cm³/mol. The summed E-state index contributed by atoms with van der Waals surface area (Å²) in [7, 11) is 0. The molecule has 0 aromatic heterocycles. The number of hydrogen-bond donors (Lipinski definition) is 2. The minimum absolute atomic E-state index is 0.0980. The summed E-state index contributed by atoms with van der Waals surface area (Å²) in [6, 6.07) is 15.5. The molecule has 5 heteroatoms. The Kier molecular flexibility index (Phi) is 7.06. The van der Waals surface area contributed by atoms with Crippen molar-refractivity contribution >= 4 is 5.91 Å². The van der Waals surface area contributed by atoms with Crippen molar-refractivity contribution in [2.24, 2.45) is 11.7 Å². The van der Waals surface area contributed by atoms with Gasteiger partial charge in [0.15, 0.2) is 0 Å². The van der Waals surface area contributed by atoms with Gasteiger partial charge in [0.05, 0.1) is 12.1 Å². The van der Waals surface area contributed by atoms with Crippen molar-refractivity contribution in [3.8, 4) is 5.75 Å². The van der Waals surface area contributed by atoms with Gasteiger partial charge in [-0.2, -0.15) is 0 Å². The van der Waals surface area contributed by atoms with Crippen molar-refractivity contribution in [2.45, 2.75) is 45.4 Å². The number of amides is 1. The second-order valence-corrected chi connectivity index (χ2v) is 7.55. The normalized spacial score (nSPS) is 17.0. The van der Waals surface area contributed by atoms with Gasteiger partial charge in [0, 0.05) is 13.2 Å². The van der Waals surface area contributed by atoms with Crippen LogP contribution < -0.4 is 15.8 Å². The van der Waals surface area contributed by atoms with E-state index in [9.17, 15) is 4.79 Å². The summed E-state index contributed by atoms with van der Waals surface area (Å²) in [6.07, 6.45) is 1.69. The topological polar surface area (TPSA) is 73.6 Å². The molecule has 1 aliphatic heterocycles. The summed E-state index contributed by atoms with van der Waals surface area (Å²) in [5.41, 5.74) is 9.55. The average Bonchev–Trinajstić information content (AvgIpc) is 2.72. The van der Waals surface area contributed by atoms with Gasteiger partial charge < -0.3 is 20.5 Å². The van der Waals surface area contributed by atoms with Crippen LogP contribution in [0.2, 0.25) is 0 Å². The van der Waals surface area contributed by atoms with Crippen LogP contribution in [-0.2, 0) is 16.1 Å². The minimum atomic E-state index is -0.483. The highest BCUT2D eigenvalue weighted by Gasteiger charge is 2.27. The summed E-state index contributed by atoms with van der Waals surface area (Å²) in [5, 5.41) is 3.03. The number of aryl methyl sites for hydroxylation is 1. The molecule has 5 nitrogen and oxygen atoms in total. The third-order valence-electron chi connectivity index (χ3n) is 5.30. The largest absolute Gasteiger partial charge is 0.489 e. The molecule has 2 aromatic carbocycles. The van der Waals surface area contributed by atoms with Gasteiger partial charge in [0.1, 0.15) is 12.4 Å². The molecule has 3 rings (SSSR count). The first kappa shape index (κ1) is 20.4. The molecular weight excluding hydrogens is 352 g/mol. The molecule has 1 aliphatic rings. The molecule has 2 unspecified atom stereocenters. The Bertz CT molecular complexity index is 770. The average molecular weight is 383 g/mol. The number of benzene rings is 2. The van der Waals surface area contributed by atoms with Crippen LogP contribution >= 0.6 is 0 Å². The summed E-state index contributed by atoms with van der Waals surface area (Å²) in [5.74, 6) is 0.903. The lowest BCUT2D eigenvalue weighted by Gasteiger charge is -2.28. The van der Waals surface area contributed by atoms with E-state index in [1.807, 2.05) is 37.3 Å². The molecule has 2 aromatic rings. The summed E-state index contributed by atoms with van der Waals surface area (Å²) >= 11 is 0. The van der Waals surface area contributed by atoms with Crippen molar-refractivity contribution < 1.29 is 14.3 Å². The van der Waals surface area contributed by atoms with Crippen LogP contribution in [0.1, 0.15) is 42.5 Å². The van der Waals surface area contributed by atoms with E-state index in [2.05, 4.69) is 30.4 Å². The Balaban J connectivity index is 1.51. The van der Waals surface area contributed by atoms with Crippen molar-refractivity contribution in [3.05, 3.63) is 65.2 Å². The van der Waals surface area contributed by atoms with Gasteiger partial charge in [-0.15, -0.1) is 0 Å². The van der Waals surface area contributed by atoms with E-state index in [-0.39, 0.29) is 17.9 Å². The Hall–Kier alpha value is -2.37. The van der Waals surface area contributed by atoms with Gasteiger partial charge in [-0.1, -0.05) is 42.0 Å². The lowest BCUT2D eigenvalue weighted by atomic mass is 9.91. The van der Waals surface area contributed by atoms with E-state index in [1.165, 1.54) is 5.56 Å². The molecule has 1 fully saturated rings. The fourth-order valence-electron chi connectivity index (χ4n) is 3.50. The Morgan fingerprint density at radius 3 is 2.61 bits per heavy atom. The molecule has 3 N–H and O–H groups in total. The number of carbonyl (C=O) groups excluding carboxylic acids is 1. The maximum Gasteiger partial charge on any atom is 0.237 e. The van der Waals surface area contributed by atoms with Crippen molar-refractivity contribution in [1.29, 1.82) is 0 Å². The third-order valence-corrected chi connectivity index (χ3v) is 5.30. The SMILES string of the molecule is Cc1cccc(COc2ccc(C(C)NC(=O)C(N)C3CCOCC3)cc2)c1. The van der Waals surface area contributed by atoms with Gasteiger partial charge in [-0.25, -0.2) is 0 Å². The van der Waals surface area contributed by atoms with E-state index in [0.717, 1.165) is 29.7 Å². The second-order valence-electron chi connectivity index (χ2n) is 7.55. The highest BCUT2D eigenvalue weighted by Crippen LogP contribution is 2.21. The van der Waals surface area contributed by atoms with Crippen LogP contribution in [0.4, 0.5) is 0 Å². The molecule has 2 atom stereocenters. The van der Waals surface area contributed by atoms with Gasteiger partial charge >= 0.3 is 0 Å². The van der Waals surface area contributed by atoms with Crippen molar-refractivity contribution in [1.82, 2.24) is 5.32 Å². The summed E-state index contributed by atoms with van der Waals surface area (Å²) in [4.78, 5) is 12.5. The Morgan fingerprint density at radius 1 is 1.21 bits per heavy atom. The molecule has 0 bridgehead atoms. The maximum atomic E-state index is 12.5. The fraction of sp³-hybridized carbons (Fsp3) is 0.435. The first-order valence-corrected chi connectivity index (χ1v) is 9.95. The van der Waals surface area contributed by atoms with Crippen LogP contribution in [0.25, 0.3) is 0 Å². The minimum Gasteiger partial charge on any atom is -0.489 e. The number of ether oxygens (including phenoxy) is 2. The number of hydrogen-bond acceptors (Lipinski definition) is 4. The zero-order valence-electron chi connectivity index (χ0n) is 16.7. The van der Waals surface area contributed by atoms with Crippen molar-refractivity contribution in [2.75, 3.05) is 13.2 Å². The third kappa shape index (κ3) is 5.57.